The SMILES string of the molecule is Cc1cc(C(=O)N(C)C)ccc1-c1cnc(N)c(C2OC(c3ccccc3)=NN2C)n1. The van der Waals surface area contributed by atoms with E-state index in [0.717, 1.165) is 16.7 Å². The van der Waals surface area contributed by atoms with Gasteiger partial charge in [-0.3, -0.25) is 9.80 Å². The van der Waals surface area contributed by atoms with Gasteiger partial charge < -0.3 is 15.4 Å². The Kier molecular flexibility index (Phi) is 5.29. The predicted octanol–water partition coefficient (Wildman–Crippen LogP) is 3.06. The number of ether oxygens (including phenoxy) is 1. The lowest BCUT2D eigenvalue weighted by Gasteiger charge is -2.19. The Bertz CT molecular complexity index is 1160. The molecule has 0 saturated heterocycles. The number of hydrogen-bond donors (Lipinski definition) is 1. The Hall–Kier alpha value is -3.94. The first-order valence-corrected chi connectivity index (χ1v) is 9.83. The average Bonchev–Trinajstić information content (AvgIpc) is 3.15. The molecule has 1 unspecified atom stereocenters. The second-order valence-electron chi connectivity index (χ2n) is 7.57. The van der Waals surface area contributed by atoms with Crippen molar-refractivity contribution in [3.63, 3.8) is 0 Å². The second-order valence-corrected chi connectivity index (χ2v) is 7.57. The summed E-state index contributed by atoms with van der Waals surface area (Å²) in [5.74, 6) is 0.731. The van der Waals surface area contributed by atoms with Gasteiger partial charge >= 0.3 is 0 Å². The van der Waals surface area contributed by atoms with Gasteiger partial charge in [0.1, 0.15) is 5.69 Å². The summed E-state index contributed by atoms with van der Waals surface area (Å²) in [5.41, 5.74) is 10.6. The zero-order valence-electron chi connectivity index (χ0n) is 17.9. The number of carbonyl (C=O) groups is 1. The standard InChI is InChI=1S/C23H24N6O2/c1-14-12-16(22(30)28(2)3)10-11-17(14)18-13-25-20(24)19(26-18)23-29(4)27-21(31-23)15-8-6-5-7-9-15/h5-13,23H,1-4H3,(H2,24,25). The van der Waals surface area contributed by atoms with E-state index in [2.05, 4.69) is 10.1 Å². The van der Waals surface area contributed by atoms with Crippen molar-refractivity contribution in [3.8, 4) is 11.3 Å². The summed E-state index contributed by atoms with van der Waals surface area (Å²) in [5, 5.41) is 6.17. The molecule has 0 fully saturated rings. The van der Waals surface area contributed by atoms with E-state index in [1.54, 1.807) is 43.3 Å². The van der Waals surface area contributed by atoms with Crippen LogP contribution < -0.4 is 5.73 Å². The molecule has 2 N–H and O–H groups in total. The van der Waals surface area contributed by atoms with Crippen molar-refractivity contribution in [2.45, 2.75) is 13.2 Å². The summed E-state index contributed by atoms with van der Waals surface area (Å²) >= 11 is 0. The molecule has 1 atom stereocenters. The van der Waals surface area contributed by atoms with Crippen LogP contribution in [0.15, 0.2) is 59.8 Å². The number of rotatable bonds is 4. The quantitative estimate of drug-likeness (QED) is 0.702. The maximum atomic E-state index is 12.2. The summed E-state index contributed by atoms with van der Waals surface area (Å²) < 4.78 is 6.07. The smallest absolute Gasteiger partial charge is 0.253 e. The zero-order valence-corrected chi connectivity index (χ0v) is 17.9. The van der Waals surface area contributed by atoms with Gasteiger partial charge in [0.2, 0.25) is 12.1 Å². The summed E-state index contributed by atoms with van der Waals surface area (Å²) in [7, 11) is 5.27. The molecule has 0 radical (unpaired) electrons. The van der Waals surface area contributed by atoms with Gasteiger partial charge in [-0.25, -0.2) is 9.97 Å². The molecule has 0 spiro atoms. The Labute approximate surface area is 181 Å². The van der Waals surface area contributed by atoms with Crippen molar-refractivity contribution in [2.75, 3.05) is 26.9 Å². The van der Waals surface area contributed by atoms with Gasteiger partial charge in [0.15, 0.2) is 5.82 Å². The monoisotopic (exact) mass is 416 g/mol. The Morgan fingerprint density at radius 2 is 1.90 bits per heavy atom. The first-order valence-electron chi connectivity index (χ1n) is 9.83. The van der Waals surface area contributed by atoms with Gasteiger partial charge in [-0.1, -0.05) is 24.3 Å². The molecular weight excluding hydrogens is 392 g/mol. The van der Waals surface area contributed by atoms with Crippen LogP contribution in [0.1, 0.15) is 33.4 Å². The van der Waals surface area contributed by atoms with Crippen molar-refractivity contribution in [2.24, 2.45) is 5.10 Å². The lowest BCUT2D eigenvalue weighted by atomic mass is 10.0. The molecule has 1 amide bonds. The molecule has 8 heteroatoms. The summed E-state index contributed by atoms with van der Waals surface area (Å²) in [6, 6.07) is 15.2. The van der Waals surface area contributed by atoms with Crippen molar-refractivity contribution >= 4 is 17.6 Å². The first kappa shape index (κ1) is 20.3. The molecule has 4 rings (SSSR count). The minimum Gasteiger partial charge on any atom is -0.444 e. The largest absolute Gasteiger partial charge is 0.444 e. The maximum Gasteiger partial charge on any atom is 0.253 e. The molecule has 0 aliphatic carbocycles. The summed E-state index contributed by atoms with van der Waals surface area (Å²) in [6.07, 6.45) is 1.04. The molecule has 3 aromatic rings. The minimum absolute atomic E-state index is 0.0506. The van der Waals surface area contributed by atoms with Crippen molar-refractivity contribution in [1.82, 2.24) is 19.9 Å². The molecular formula is C23H24N6O2. The van der Waals surface area contributed by atoms with E-state index in [1.165, 1.54) is 0 Å². The van der Waals surface area contributed by atoms with Crippen molar-refractivity contribution in [1.29, 1.82) is 0 Å². The van der Waals surface area contributed by atoms with Gasteiger partial charge in [-0.15, -0.1) is 5.10 Å². The number of hydrogen-bond acceptors (Lipinski definition) is 7. The van der Waals surface area contributed by atoms with Gasteiger partial charge in [0.05, 0.1) is 11.9 Å². The topological polar surface area (TPSA) is 96.9 Å². The van der Waals surface area contributed by atoms with E-state index in [9.17, 15) is 4.79 Å². The summed E-state index contributed by atoms with van der Waals surface area (Å²) in [6.45, 7) is 1.94. The van der Waals surface area contributed by atoms with Crippen molar-refractivity contribution in [3.05, 3.63) is 77.1 Å². The lowest BCUT2D eigenvalue weighted by Crippen LogP contribution is -2.21. The Balaban J connectivity index is 1.65. The average molecular weight is 416 g/mol. The first-order chi connectivity index (χ1) is 14.8. The van der Waals surface area contributed by atoms with Gasteiger partial charge in [0.25, 0.3) is 5.91 Å². The van der Waals surface area contributed by atoms with Crippen LogP contribution in [0.4, 0.5) is 5.82 Å². The van der Waals surface area contributed by atoms with E-state index in [4.69, 9.17) is 15.5 Å². The van der Waals surface area contributed by atoms with E-state index < -0.39 is 6.23 Å². The highest BCUT2D eigenvalue weighted by Crippen LogP contribution is 2.32. The van der Waals surface area contributed by atoms with E-state index in [-0.39, 0.29) is 11.7 Å². The van der Waals surface area contributed by atoms with E-state index >= 15 is 0 Å². The van der Waals surface area contributed by atoms with Crippen LogP contribution in [0.25, 0.3) is 11.3 Å². The molecule has 0 saturated carbocycles. The second kappa shape index (κ2) is 8.06. The molecule has 2 heterocycles. The van der Waals surface area contributed by atoms with Crippen LogP contribution in [0, 0.1) is 6.92 Å². The fourth-order valence-corrected chi connectivity index (χ4v) is 3.41. The Morgan fingerprint density at radius 3 is 2.58 bits per heavy atom. The van der Waals surface area contributed by atoms with Crippen LogP contribution in [-0.4, -0.2) is 52.8 Å². The Morgan fingerprint density at radius 1 is 1.16 bits per heavy atom. The molecule has 0 bridgehead atoms. The number of benzene rings is 2. The van der Waals surface area contributed by atoms with Crippen LogP contribution in [0.2, 0.25) is 0 Å². The number of amides is 1. The fourth-order valence-electron chi connectivity index (χ4n) is 3.41. The van der Waals surface area contributed by atoms with Crippen LogP contribution >= 0.6 is 0 Å². The fraction of sp³-hybridized carbons (Fsp3) is 0.217. The third-order valence-electron chi connectivity index (χ3n) is 5.05. The molecule has 2 aromatic carbocycles. The van der Waals surface area contributed by atoms with Crippen molar-refractivity contribution < 1.29 is 9.53 Å². The molecule has 1 aromatic heterocycles. The highest BCUT2D eigenvalue weighted by Gasteiger charge is 2.31. The number of aromatic nitrogens is 2. The van der Waals surface area contributed by atoms with Gasteiger partial charge in [-0.05, 0) is 36.8 Å². The number of nitrogen functional groups attached to an aromatic ring is 1. The molecule has 31 heavy (non-hydrogen) atoms. The highest BCUT2D eigenvalue weighted by molar-refractivity contribution is 5.95. The van der Waals surface area contributed by atoms with Crippen LogP contribution in [0.3, 0.4) is 0 Å². The van der Waals surface area contributed by atoms with Crippen LogP contribution in [-0.2, 0) is 4.74 Å². The predicted molar refractivity (Wildman–Crippen MR) is 119 cm³/mol. The number of hydrazone groups is 1. The minimum atomic E-state index is -0.586. The van der Waals surface area contributed by atoms with E-state index in [0.29, 0.717) is 22.8 Å². The highest BCUT2D eigenvalue weighted by atomic mass is 16.5. The maximum absolute atomic E-state index is 12.2. The molecule has 8 nitrogen and oxygen atoms in total. The lowest BCUT2D eigenvalue weighted by molar-refractivity contribution is 0.0744. The molecule has 1 aliphatic rings. The summed E-state index contributed by atoms with van der Waals surface area (Å²) in [4.78, 5) is 22.9. The number of aryl methyl sites for hydroxylation is 1. The van der Waals surface area contributed by atoms with E-state index in [1.807, 2.05) is 49.4 Å². The number of nitrogens with two attached hydrogens (primary N) is 1. The number of nitrogens with zero attached hydrogens (tertiary/aromatic N) is 5. The number of carbonyl (C=O) groups excluding carboxylic acids is 1. The van der Waals surface area contributed by atoms with Crippen LogP contribution in [0.5, 0.6) is 0 Å². The normalized spacial score (nSPS) is 15.4. The van der Waals surface area contributed by atoms with Gasteiger partial charge in [0, 0.05) is 37.8 Å². The molecule has 1 aliphatic heterocycles. The third-order valence-corrected chi connectivity index (χ3v) is 5.05. The third kappa shape index (κ3) is 3.92. The zero-order chi connectivity index (χ0) is 22.1. The number of anilines is 1. The molecule has 158 valence electrons. The van der Waals surface area contributed by atoms with Gasteiger partial charge in [-0.2, -0.15) is 0 Å².